The Morgan fingerprint density at radius 2 is 1.71 bits per heavy atom. The van der Waals surface area contributed by atoms with Gasteiger partial charge in [-0.1, -0.05) is 30.3 Å². The number of ether oxygens (including phenoxy) is 1. The maximum Gasteiger partial charge on any atom is 0.410 e. The Morgan fingerprint density at radius 3 is 2.38 bits per heavy atom. The summed E-state index contributed by atoms with van der Waals surface area (Å²) in [5.74, 6) is 0.00651. The number of amides is 3. The lowest BCUT2D eigenvalue weighted by Gasteiger charge is -2.35. The molecule has 8 nitrogen and oxygen atoms in total. The van der Waals surface area contributed by atoms with Crippen LogP contribution in [0.3, 0.4) is 0 Å². The summed E-state index contributed by atoms with van der Waals surface area (Å²) >= 11 is 0. The lowest BCUT2D eigenvalue weighted by Crippen LogP contribution is -2.50. The molecule has 2 aliphatic heterocycles. The van der Waals surface area contributed by atoms with Crippen molar-refractivity contribution in [2.75, 3.05) is 52.4 Å². The molecule has 0 spiro atoms. The minimum atomic E-state index is -0.475. The topological polar surface area (TPSA) is 82.2 Å². The molecule has 3 amide bonds. The molecule has 2 aliphatic rings. The zero-order valence-corrected chi connectivity index (χ0v) is 20.9. The average Bonchev–Trinajstić information content (AvgIpc) is 2.81. The molecule has 2 saturated heterocycles. The maximum atomic E-state index is 12.7. The summed E-state index contributed by atoms with van der Waals surface area (Å²) in [4.78, 5) is 43.4. The van der Waals surface area contributed by atoms with Gasteiger partial charge in [-0.05, 0) is 52.1 Å². The van der Waals surface area contributed by atoms with E-state index in [9.17, 15) is 14.4 Å². The van der Waals surface area contributed by atoms with Crippen LogP contribution in [-0.4, -0.2) is 90.6 Å². The first-order chi connectivity index (χ1) is 16.2. The van der Waals surface area contributed by atoms with Crippen molar-refractivity contribution in [2.24, 2.45) is 5.92 Å². The molecule has 0 saturated carbocycles. The van der Waals surface area contributed by atoms with E-state index in [0.717, 1.165) is 51.0 Å². The Balaban J connectivity index is 1.31. The van der Waals surface area contributed by atoms with Gasteiger partial charge in [0.2, 0.25) is 11.8 Å². The number of hydrogen-bond donors (Lipinski definition) is 1. The number of piperazine rings is 1. The van der Waals surface area contributed by atoms with Gasteiger partial charge in [0.1, 0.15) is 5.60 Å². The van der Waals surface area contributed by atoms with E-state index in [-0.39, 0.29) is 23.8 Å². The van der Waals surface area contributed by atoms with Gasteiger partial charge in [-0.15, -0.1) is 0 Å². The number of likely N-dealkylation sites (tertiary alicyclic amines) is 1. The number of piperidine rings is 1. The van der Waals surface area contributed by atoms with E-state index in [4.69, 9.17) is 4.74 Å². The third kappa shape index (κ3) is 8.31. The molecule has 2 fully saturated rings. The molecule has 188 valence electrons. The molecule has 34 heavy (non-hydrogen) atoms. The molecule has 0 bridgehead atoms. The van der Waals surface area contributed by atoms with Crippen LogP contribution in [0.5, 0.6) is 0 Å². The predicted octanol–water partition coefficient (Wildman–Crippen LogP) is 2.53. The van der Waals surface area contributed by atoms with Crippen molar-refractivity contribution in [1.82, 2.24) is 20.0 Å². The molecule has 0 aliphatic carbocycles. The molecular formula is C26H40N4O4. The van der Waals surface area contributed by atoms with Crippen molar-refractivity contribution in [1.29, 1.82) is 0 Å². The molecule has 0 aromatic heterocycles. The SMILES string of the molecule is CC(C)(C)OC(=O)N1CCN(CCCNC(=O)C2CCCN(C(=O)Cc3ccccc3)C2)CC1. The molecule has 1 atom stereocenters. The van der Waals surface area contributed by atoms with Gasteiger partial charge in [0, 0.05) is 45.8 Å². The number of nitrogens with zero attached hydrogens (tertiary/aromatic N) is 3. The summed E-state index contributed by atoms with van der Waals surface area (Å²) in [5.41, 5.74) is 0.530. The van der Waals surface area contributed by atoms with Crippen molar-refractivity contribution in [3.63, 3.8) is 0 Å². The first kappa shape index (κ1) is 26.0. The molecule has 0 radical (unpaired) electrons. The van der Waals surface area contributed by atoms with Gasteiger partial charge in [-0.3, -0.25) is 14.5 Å². The van der Waals surface area contributed by atoms with Crippen LogP contribution in [0.1, 0.15) is 45.6 Å². The molecule has 3 rings (SSSR count). The van der Waals surface area contributed by atoms with E-state index >= 15 is 0 Å². The summed E-state index contributed by atoms with van der Waals surface area (Å²) in [5, 5.41) is 3.07. The maximum absolute atomic E-state index is 12.7. The third-order valence-corrected chi connectivity index (χ3v) is 6.32. The van der Waals surface area contributed by atoms with E-state index in [1.165, 1.54) is 0 Å². The van der Waals surface area contributed by atoms with Crippen LogP contribution in [-0.2, 0) is 20.7 Å². The van der Waals surface area contributed by atoms with Gasteiger partial charge in [0.25, 0.3) is 0 Å². The zero-order valence-electron chi connectivity index (χ0n) is 20.9. The van der Waals surface area contributed by atoms with Crippen LogP contribution in [0.4, 0.5) is 4.79 Å². The van der Waals surface area contributed by atoms with Crippen LogP contribution >= 0.6 is 0 Å². The molecule has 1 unspecified atom stereocenters. The van der Waals surface area contributed by atoms with Gasteiger partial charge in [-0.25, -0.2) is 4.79 Å². The predicted molar refractivity (Wildman–Crippen MR) is 131 cm³/mol. The fourth-order valence-corrected chi connectivity index (χ4v) is 4.44. The summed E-state index contributed by atoms with van der Waals surface area (Å²) in [7, 11) is 0. The Labute approximate surface area is 203 Å². The summed E-state index contributed by atoms with van der Waals surface area (Å²) in [6.45, 7) is 11.3. The van der Waals surface area contributed by atoms with Gasteiger partial charge >= 0.3 is 6.09 Å². The van der Waals surface area contributed by atoms with Crippen LogP contribution < -0.4 is 5.32 Å². The van der Waals surface area contributed by atoms with Crippen molar-refractivity contribution < 1.29 is 19.1 Å². The number of nitrogens with one attached hydrogen (secondary N) is 1. The second-order valence-electron chi connectivity index (χ2n) is 10.3. The summed E-state index contributed by atoms with van der Waals surface area (Å²) in [6.07, 6.45) is 2.69. The van der Waals surface area contributed by atoms with Crippen LogP contribution in [0, 0.1) is 5.92 Å². The summed E-state index contributed by atoms with van der Waals surface area (Å²) < 4.78 is 5.44. The third-order valence-electron chi connectivity index (χ3n) is 6.32. The van der Waals surface area contributed by atoms with Gasteiger partial charge < -0.3 is 19.9 Å². The number of carbonyl (C=O) groups excluding carboxylic acids is 3. The Bertz CT molecular complexity index is 816. The Morgan fingerprint density at radius 1 is 1.00 bits per heavy atom. The van der Waals surface area contributed by atoms with E-state index in [1.54, 1.807) is 4.90 Å². The minimum absolute atomic E-state index is 0.0481. The van der Waals surface area contributed by atoms with Crippen molar-refractivity contribution in [3.8, 4) is 0 Å². The van der Waals surface area contributed by atoms with Crippen molar-refractivity contribution in [2.45, 2.75) is 52.1 Å². The van der Waals surface area contributed by atoms with E-state index in [1.807, 2.05) is 56.0 Å². The fraction of sp³-hybridized carbons (Fsp3) is 0.654. The van der Waals surface area contributed by atoms with Gasteiger partial charge in [0.15, 0.2) is 0 Å². The molecule has 8 heteroatoms. The Hall–Kier alpha value is -2.61. The smallest absolute Gasteiger partial charge is 0.410 e. The lowest BCUT2D eigenvalue weighted by atomic mass is 9.96. The van der Waals surface area contributed by atoms with Gasteiger partial charge in [0.05, 0.1) is 12.3 Å². The first-order valence-electron chi connectivity index (χ1n) is 12.5. The van der Waals surface area contributed by atoms with E-state index < -0.39 is 5.60 Å². The fourth-order valence-electron chi connectivity index (χ4n) is 4.44. The second kappa shape index (κ2) is 12.2. The quantitative estimate of drug-likeness (QED) is 0.617. The highest BCUT2D eigenvalue weighted by atomic mass is 16.6. The van der Waals surface area contributed by atoms with Crippen molar-refractivity contribution in [3.05, 3.63) is 35.9 Å². The monoisotopic (exact) mass is 472 g/mol. The molecule has 1 aromatic rings. The standard InChI is InChI=1S/C26H40N4O4/c1-26(2,3)34-25(33)29-17-15-28(16-18-29)13-8-12-27-24(32)22-11-7-14-30(20-22)23(31)19-21-9-5-4-6-10-21/h4-6,9-10,22H,7-8,11-20H2,1-3H3,(H,27,32). The van der Waals surface area contributed by atoms with E-state index in [0.29, 0.717) is 32.6 Å². The number of carbonyl (C=O) groups is 3. The van der Waals surface area contributed by atoms with Crippen LogP contribution in [0.15, 0.2) is 30.3 Å². The highest BCUT2D eigenvalue weighted by Crippen LogP contribution is 2.18. The van der Waals surface area contributed by atoms with Crippen LogP contribution in [0.25, 0.3) is 0 Å². The minimum Gasteiger partial charge on any atom is -0.444 e. The highest BCUT2D eigenvalue weighted by molar-refractivity contribution is 5.82. The molecule has 2 heterocycles. The largest absolute Gasteiger partial charge is 0.444 e. The highest BCUT2D eigenvalue weighted by Gasteiger charge is 2.28. The number of hydrogen-bond acceptors (Lipinski definition) is 5. The second-order valence-corrected chi connectivity index (χ2v) is 10.3. The molecule has 1 aromatic carbocycles. The van der Waals surface area contributed by atoms with E-state index in [2.05, 4.69) is 10.2 Å². The number of rotatable bonds is 7. The Kier molecular flexibility index (Phi) is 9.33. The molecular weight excluding hydrogens is 432 g/mol. The number of benzene rings is 1. The normalized spacial score (nSPS) is 19.6. The zero-order chi connectivity index (χ0) is 24.6. The first-order valence-corrected chi connectivity index (χ1v) is 12.5. The van der Waals surface area contributed by atoms with Crippen molar-refractivity contribution >= 4 is 17.9 Å². The van der Waals surface area contributed by atoms with Crippen LogP contribution in [0.2, 0.25) is 0 Å². The lowest BCUT2D eigenvalue weighted by molar-refractivity contribution is -0.135. The molecule has 1 N–H and O–H groups in total. The van der Waals surface area contributed by atoms with Gasteiger partial charge in [-0.2, -0.15) is 0 Å². The summed E-state index contributed by atoms with van der Waals surface area (Å²) in [6, 6.07) is 9.75. The average molecular weight is 473 g/mol.